The highest BCUT2D eigenvalue weighted by Gasteiger charge is 2.36. The van der Waals surface area contributed by atoms with Crippen molar-refractivity contribution in [3.05, 3.63) is 77.5 Å². The van der Waals surface area contributed by atoms with Crippen molar-refractivity contribution in [2.45, 2.75) is 33.1 Å². The quantitative estimate of drug-likeness (QED) is 0.502. The lowest BCUT2D eigenvalue weighted by Crippen LogP contribution is -2.22. The first-order chi connectivity index (χ1) is 13.9. The largest absolute Gasteiger partial charge is 0.472 e. The Morgan fingerprint density at radius 3 is 2.31 bits per heavy atom. The number of hydrogen-bond acceptors (Lipinski definition) is 4. The van der Waals surface area contributed by atoms with Gasteiger partial charge in [0.05, 0.1) is 0 Å². The van der Waals surface area contributed by atoms with Crippen LogP contribution >= 0.6 is 0 Å². The fourth-order valence-corrected chi connectivity index (χ4v) is 3.01. The second-order valence-corrected chi connectivity index (χ2v) is 6.39. The minimum Gasteiger partial charge on any atom is -0.472 e. The molecule has 0 saturated heterocycles. The number of aromatic nitrogens is 2. The number of para-hydroxylation sites is 1. The van der Waals surface area contributed by atoms with Crippen LogP contribution in [0.25, 0.3) is 0 Å². The molecular formula is C22H22F3N3O. The highest BCUT2D eigenvalue weighted by Crippen LogP contribution is 2.37. The maximum absolute atomic E-state index is 13.5. The predicted octanol–water partition coefficient (Wildman–Crippen LogP) is 5.79. The molecule has 4 nitrogen and oxygen atoms in total. The molecule has 1 heterocycles. The number of ether oxygens (including phenoxy) is 1. The Bertz CT molecular complexity index is 946. The SMILES string of the molecule is CCc1ccccc1N(CC)c1ncc(C(F)(F)F)c(OCc2ccccc2)n1. The second kappa shape index (κ2) is 8.94. The van der Waals surface area contributed by atoms with E-state index in [9.17, 15) is 13.2 Å². The van der Waals surface area contributed by atoms with Gasteiger partial charge in [0.25, 0.3) is 0 Å². The molecule has 7 heteroatoms. The van der Waals surface area contributed by atoms with Crippen molar-refractivity contribution in [1.82, 2.24) is 9.97 Å². The minimum absolute atomic E-state index is 0.0158. The second-order valence-electron chi connectivity index (χ2n) is 6.39. The van der Waals surface area contributed by atoms with E-state index in [1.165, 1.54) is 0 Å². The van der Waals surface area contributed by atoms with Gasteiger partial charge in [-0.1, -0.05) is 55.5 Å². The molecule has 0 unspecified atom stereocenters. The van der Waals surface area contributed by atoms with Crippen LogP contribution in [0.4, 0.5) is 24.8 Å². The van der Waals surface area contributed by atoms with E-state index in [0.29, 0.717) is 6.54 Å². The lowest BCUT2D eigenvalue weighted by Gasteiger charge is -2.24. The molecule has 0 fully saturated rings. The highest BCUT2D eigenvalue weighted by molar-refractivity contribution is 5.62. The average Bonchev–Trinajstić information content (AvgIpc) is 2.73. The Hall–Kier alpha value is -3.09. The van der Waals surface area contributed by atoms with Crippen molar-refractivity contribution in [3.8, 4) is 5.88 Å². The maximum Gasteiger partial charge on any atom is 0.423 e. The molecule has 0 saturated carbocycles. The Labute approximate surface area is 168 Å². The van der Waals surface area contributed by atoms with Gasteiger partial charge in [0.15, 0.2) is 0 Å². The van der Waals surface area contributed by atoms with E-state index in [4.69, 9.17) is 4.74 Å². The molecule has 0 spiro atoms. The third kappa shape index (κ3) is 4.85. The first kappa shape index (κ1) is 20.6. The number of hydrogen-bond donors (Lipinski definition) is 0. The fraction of sp³-hybridized carbons (Fsp3) is 0.273. The summed E-state index contributed by atoms with van der Waals surface area (Å²) in [5.74, 6) is -0.303. The summed E-state index contributed by atoms with van der Waals surface area (Å²) in [7, 11) is 0. The molecule has 0 atom stereocenters. The van der Waals surface area contributed by atoms with Crippen LogP contribution in [0.5, 0.6) is 5.88 Å². The number of rotatable bonds is 7. The van der Waals surface area contributed by atoms with Crippen LogP contribution < -0.4 is 9.64 Å². The van der Waals surface area contributed by atoms with E-state index in [2.05, 4.69) is 9.97 Å². The summed E-state index contributed by atoms with van der Waals surface area (Å²) in [6, 6.07) is 16.7. The first-order valence-corrected chi connectivity index (χ1v) is 9.40. The molecule has 29 heavy (non-hydrogen) atoms. The van der Waals surface area contributed by atoms with Crippen LogP contribution in [-0.2, 0) is 19.2 Å². The van der Waals surface area contributed by atoms with Gasteiger partial charge >= 0.3 is 6.18 Å². The van der Waals surface area contributed by atoms with Crippen molar-refractivity contribution < 1.29 is 17.9 Å². The smallest absolute Gasteiger partial charge is 0.423 e. The van der Waals surface area contributed by atoms with E-state index >= 15 is 0 Å². The third-order valence-electron chi connectivity index (χ3n) is 4.49. The monoisotopic (exact) mass is 401 g/mol. The number of nitrogens with zero attached hydrogens (tertiary/aromatic N) is 3. The molecular weight excluding hydrogens is 379 g/mol. The molecule has 3 aromatic rings. The summed E-state index contributed by atoms with van der Waals surface area (Å²) < 4.78 is 45.9. The third-order valence-corrected chi connectivity index (χ3v) is 4.49. The fourth-order valence-electron chi connectivity index (χ4n) is 3.01. The van der Waals surface area contributed by atoms with Crippen LogP contribution in [0.15, 0.2) is 60.8 Å². The van der Waals surface area contributed by atoms with Crippen molar-refractivity contribution in [1.29, 1.82) is 0 Å². The van der Waals surface area contributed by atoms with Crippen LogP contribution in [0.1, 0.15) is 30.5 Å². The zero-order chi connectivity index (χ0) is 20.9. The predicted molar refractivity (Wildman–Crippen MR) is 106 cm³/mol. The van der Waals surface area contributed by atoms with E-state index < -0.39 is 17.6 Å². The normalized spacial score (nSPS) is 11.3. The molecule has 152 valence electrons. The molecule has 0 N–H and O–H groups in total. The standard InChI is InChI=1S/C22H22F3N3O/c1-3-17-12-8-9-13-19(17)28(4-2)21-26-14-18(22(23,24)25)20(27-21)29-15-16-10-6-5-7-11-16/h5-14H,3-4,15H2,1-2H3. The highest BCUT2D eigenvalue weighted by atomic mass is 19.4. The molecule has 0 aliphatic heterocycles. The lowest BCUT2D eigenvalue weighted by molar-refractivity contribution is -0.139. The maximum atomic E-state index is 13.5. The molecule has 0 aliphatic carbocycles. The van der Waals surface area contributed by atoms with E-state index in [-0.39, 0.29) is 12.6 Å². The van der Waals surface area contributed by atoms with Gasteiger partial charge in [-0.3, -0.25) is 0 Å². The van der Waals surface area contributed by atoms with Gasteiger partial charge in [0.1, 0.15) is 12.2 Å². The minimum atomic E-state index is -4.61. The van der Waals surface area contributed by atoms with Crippen molar-refractivity contribution >= 4 is 11.6 Å². The summed E-state index contributed by atoms with van der Waals surface area (Å²) in [4.78, 5) is 9.93. The molecule has 0 amide bonds. The summed E-state index contributed by atoms with van der Waals surface area (Å²) in [6.07, 6.45) is -3.03. The summed E-state index contributed by atoms with van der Waals surface area (Å²) in [5, 5.41) is 0. The number of alkyl halides is 3. The van der Waals surface area contributed by atoms with Gasteiger partial charge in [-0.05, 0) is 30.5 Å². The van der Waals surface area contributed by atoms with Crippen molar-refractivity contribution in [3.63, 3.8) is 0 Å². The van der Waals surface area contributed by atoms with Gasteiger partial charge in [-0.2, -0.15) is 18.2 Å². The summed E-state index contributed by atoms with van der Waals surface area (Å²) in [5.41, 5.74) is 1.69. The zero-order valence-electron chi connectivity index (χ0n) is 16.3. The van der Waals surface area contributed by atoms with E-state index in [1.54, 1.807) is 29.2 Å². The number of aryl methyl sites for hydroxylation is 1. The molecule has 2 aromatic carbocycles. The topological polar surface area (TPSA) is 38.2 Å². The van der Waals surface area contributed by atoms with E-state index in [1.807, 2.05) is 44.2 Å². The van der Waals surface area contributed by atoms with Gasteiger partial charge in [-0.25, -0.2) is 4.98 Å². The lowest BCUT2D eigenvalue weighted by atomic mass is 10.1. The number of benzene rings is 2. The Kier molecular flexibility index (Phi) is 6.36. The average molecular weight is 401 g/mol. The van der Waals surface area contributed by atoms with Crippen LogP contribution in [0, 0.1) is 0 Å². The van der Waals surface area contributed by atoms with E-state index in [0.717, 1.165) is 29.4 Å². The Morgan fingerprint density at radius 2 is 1.66 bits per heavy atom. The molecule has 3 rings (SSSR count). The Morgan fingerprint density at radius 1 is 0.966 bits per heavy atom. The van der Waals surface area contributed by atoms with Crippen LogP contribution in [-0.4, -0.2) is 16.5 Å². The van der Waals surface area contributed by atoms with Crippen LogP contribution in [0.2, 0.25) is 0 Å². The molecule has 0 bridgehead atoms. The van der Waals surface area contributed by atoms with Gasteiger partial charge in [0, 0.05) is 18.4 Å². The molecule has 0 radical (unpaired) electrons. The molecule has 1 aromatic heterocycles. The summed E-state index contributed by atoms with van der Waals surface area (Å²) in [6.45, 7) is 4.41. The van der Waals surface area contributed by atoms with Gasteiger partial charge < -0.3 is 9.64 Å². The van der Waals surface area contributed by atoms with Crippen LogP contribution in [0.3, 0.4) is 0 Å². The number of anilines is 2. The summed E-state index contributed by atoms with van der Waals surface area (Å²) >= 11 is 0. The zero-order valence-corrected chi connectivity index (χ0v) is 16.3. The van der Waals surface area contributed by atoms with Crippen molar-refractivity contribution in [2.24, 2.45) is 0 Å². The van der Waals surface area contributed by atoms with Gasteiger partial charge in [-0.15, -0.1) is 0 Å². The van der Waals surface area contributed by atoms with Crippen molar-refractivity contribution in [2.75, 3.05) is 11.4 Å². The molecule has 0 aliphatic rings. The number of halogens is 3. The first-order valence-electron chi connectivity index (χ1n) is 9.40. The Balaban J connectivity index is 1.99. The van der Waals surface area contributed by atoms with Gasteiger partial charge in [0.2, 0.25) is 11.8 Å².